The van der Waals surface area contributed by atoms with Crippen LogP contribution in [0.15, 0.2) is 29.7 Å². The first kappa shape index (κ1) is 30.0. The summed E-state index contributed by atoms with van der Waals surface area (Å²) in [5.41, 5.74) is 10.2. The minimum absolute atomic E-state index is 0.0475. The number of rotatable bonds is 2. The molecule has 22 nitrogen and oxygen atoms in total. The number of ether oxygens (including phenoxy) is 3. The summed E-state index contributed by atoms with van der Waals surface area (Å²) in [6, 6.07) is 1.52. The maximum Gasteiger partial charge on any atom is 0.472 e. The molecule has 4 aromatic rings. The second-order valence-corrected chi connectivity index (χ2v) is 13.8. The minimum Gasteiger partial charge on any atom is -0.397 e. The number of fused-ring (bicyclic) bond motifs is 3. The first-order valence-corrected chi connectivity index (χ1v) is 16.6. The van der Waals surface area contributed by atoms with Gasteiger partial charge in [-0.3, -0.25) is 37.0 Å². The lowest BCUT2D eigenvalue weighted by Crippen LogP contribution is -2.61. The second kappa shape index (κ2) is 10.3. The number of phosphoric acid groups is 2. The molecule has 24 heteroatoms. The zero-order valence-electron chi connectivity index (χ0n) is 23.1. The highest BCUT2D eigenvalue weighted by Gasteiger charge is 2.66. The van der Waals surface area contributed by atoms with E-state index in [0.717, 1.165) is 0 Å². The predicted molar refractivity (Wildman–Crippen MR) is 148 cm³/mol. The van der Waals surface area contributed by atoms with Crippen molar-refractivity contribution in [2.45, 2.75) is 48.6 Å². The van der Waals surface area contributed by atoms with E-state index in [2.05, 4.69) is 24.9 Å². The van der Waals surface area contributed by atoms with Crippen molar-refractivity contribution in [1.29, 1.82) is 0 Å². The number of aromatic amines is 1. The second-order valence-electron chi connectivity index (χ2n) is 11.0. The fraction of sp³-hybridized carbons (Fsp3) is 0.500. The molecule has 2 bridgehead atoms. The lowest BCUT2D eigenvalue weighted by Gasteiger charge is -2.43. The van der Waals surface area contributed by atoms with E-state index in [1.165, 1.54) is 34.1 Å². The van der Waals surface area contributed by atoms with Gasteiger partial charge in [0, 0.05) is 6.20 Å². The van der Waals surface area contributed by atoms with Gasteiger partial charge in [0.2, 0.25) is 5.95 Å². The third kappa shape index (κ3) is 4.69. The zero-order valence-corrected chi connectivity index (χ0v) is 24.9. The predicted octanol–water partition coefficient (Wildman–Crippen LogP) is -1.33. The van der Waals surface area contributed by atoms with Crippen molar-refractivity contribution in [3.8, 4) is 0 Å². The number of aromatic nitrogens is 7. The van der Waals surface area contributed by atoms with E-state index in [9.17, 15) is 28.8 Å². The highest BCUT2D eigenvalue weighted by atomic mass is 31.2. The lowest BCUT2D eigenvalue weighted by atomic mass is 9.91. The Hall–Kier alpha value is -3.37. The molecular weight excluding hydrogens is 660 g/mol. The number of nitrogen functional groups attached to an aromatic ring is 2. The number of aliphatic hydroxyl groups is 1. The smallest absolute Gasteiger partial charge is 0.397 e. The topological polar surface area (TPSA) is 306 Å². The summed E-state index contributed by atoms with van der Waals surface area (Å²) in [5, 5.41) is 11.2. The van der Waals surface area contributed by atoms with Crippen molar-refractivity contribution in [3.05, 3.63) is 35.3 Å². The number of anilines is 2. The normalized spacial score (nSPS) is 39.7. The maximum absolute atomic E-state index is 13.4. The lowest BCUT2D eigenvalue weighted by molar-refractivity contribution is -0.244. The van der Waals surface area contributed by atoms with Crippen molar-refractivity contribution < 1.29 is 56.3 Å². The van der Waals surface area contributed by atoms with Crippen molar-refractivity contribution in [3.63, 3.8) is 0 Å². The summed E-state index contributed by atoms with van der Waals surface area (Å²) >= 11 is 0. The average molecular weight is 685 g/mol. The van der Waals surface area contributed by atoms with Crippen LogP contribution in [0.4, 0.5) is 11.6 Å². The van der Waals surface area contributed by atoms with E-state index in [4.69, 9.17) is 43.8 Å². The third-order valence-electron chi connectivity index (χ3n) is 8.14. The molecule has 4 unspecified atom stereocenters. The van der Waals surface area contributed by atoms with Crippen LogP contribution in [0.25, 0.3) is 22.3 Å². The van der Waals surface area contributed by atoms with Crippen LogP contribution in [-0.4, -0.2) is 105 Å². The van der Waals surface area contributed by atoms with Gasteiger partial charge in [-0.05, 0) is 6.07 Å². The van der Waals surface area contributed by atoms with Crippen molar-refractivity contribution >= 4 is 49.6 Å². The molecule has 46 heavy (non-hydrogen) atoms. The van der Waals surface area contributed by atoms with Crippen molar-refractivity contribution in [1.82, 2.24) is 34.1 Å². The van der Waals surface area contributed by atoms with Crippen LogP contribution < -0.4 is 17.0 Å². The average Bonchev–Trinajstić information content (AvgIpc) is 3.71. The molecular formula is C22H25N9O13P2. The van der Waals surface area contributed by atoms with Gasteiger partial charge in [0.15, 0.2) is 29.3 Å². The molecule has 0 amide bonds. The van der Waals surface area contributed by atoms with E-state index in [1.807, 2.05) is 0 Å². The van der Waals surface area contributed by atoms with Crippen LogP contribution in [0.5, 0.6) is 0 Å². The third-order valence-corrected chi connectivity index (χ3v) is 10.1. The van der Waals surface area contributed by atoms with Gasteiger partial charge in [-0.15, -0.1) is 0 Å². The summed E-state index contributed by atoms with van der Waals surface area (Å²) in [5.74, 6) is -0.238. The number of hydrogen-bond donors (Lipinski definition) is 6. The van der Waals surface area contributed by atoms with Gasteiger partial charge in [-0.1, -0.05) is 0 Å². The summed E-state index contributed by atoms with van der Waals surface area (Å²) in [6.07, 6.45) is -6.03. The van der Waals surface area contributed by atoms with Gasteiger partial charge in [-0.25, -0.2) is 24.1 Å². The fourth-order valence-corrected chi connectivity index (χ4v) is 7.94. The zero-order chi connectivity index (χ0) is 32.2. The molecule has 0 spiro atoms. The standard InChI is InChI=1S/C22H25N9O13P2/c23-8-1-2-25-16-10(8)26-6-30(16)19-12(32)13-9(41-19)3-39-45(34,35)44-14-15-22(4-38-15,5-40-46(36,37)43-13)42-20(14)31-7-27-11-17(31)28-21(24)29-18(11)33/h1-2,6-7,9,12-15,19-20,32H,3-5H2,(H2,23,25)(H,34,35)(H,36,37)(H3,24,28,29,33)/t9-,12?,13+,14?,15-,19-,20-,22-/m1/s1. The molecule has 4 fully saturated rings. The molecule has 4 saturated heterocycles. The summed E-state index contributed by atoms with van der Waals surface area (Å²) in [7, 11) is -10.0. The minimum atomic E-state index is -5.02. The highest BCUT2D eigenvalue weighted by Crippen LogP contribution is 2.58. The fourth-order valence-electron chi connectivity index (χ4n) is 6.01. The van der Waals surface area contributed by atoms with Crippen LogP contribution >= 0.6 is 15.6 Å². The molecule has 4 aliphatic rings. The Morgan fingerprint density at radius 1 is 0.957 bits per heavy atom. The molecule has 246 valence electrons. The van der Waals surface area contributed by atoms with Gasteiger partial charge in [-0.2, -0.15) is 4.98 Å². The number of phosphoric ester groups is 2. The Labute approximate surface area is 255 Å². The number of hydrogen-bond acceptors (Lipinski definition) is 17. The SMILES string of the molecule is Nc1nc2c(ncn2[C@@H]2O[C@@]34CO[C@@H]3C2OP(=O)(O)OC[C@H]2O[C@@H](n3cnc5c(N)ccnc53)C(O)[C@H]2OP(=O)(O)OC4)c(=O)[nH]1. The van der Waals surface area contributed by atoms with Gasteiger partial charge < -0.3 is 40.6 Å². The molecule has 8 rings (SSSR count). The Bertz CT molecular complexity index is 2020. The van der Waals surface area contributed by atoms with Gasteiger partial charge in [0.25, 0.3) is 5.56 Å². The first-order valence-electron chi connectivity index (χ1n) is 13.6. The molecule has 0 aliphatic carbocycles. The van der Waals surface area contributed by atoms with Crippen LogP contribution in [0.1, 0.15) is 12.5 Å². The molecule has 10 atom stereocenters. The van der Waals surface area contributed by atoms with E-state index in [-0.39, 0.29) is 29.4 Å². The first-order chi connectivity index (χ1) is 21.8. The molecule has 4 aliphatic heterocycles. The van der Waals surface area contributed by atoms with Crippen molar-refractivity contribution in [2.24, 2.45) is 0 Å². The van der Waals surface area contributed by atoms with E-state index >= 15 is 0 Å². The number of pyridine rings is 1. The van der Waals surface area contributed by atoms with E-state index in [1.54, 1.807) is 0 Å². The Morgan fingerprint density at radius 2 is 1.67 bits per heavy atom. The van der Waals surface area contributed by atoms with Gasteiger partial charge in [0.05, 0.1) is 38.2 Å². The highest BCUT2D eigenvalue weighted by molar-refractivity contribution is 7.47. The van der Waals surface area contributed by atoms with E-state index in [0.29, 0.717) is 11.2 Å². The van der Waals surface area contributed by atoms with Crippen LogP contribution in [0, 0.1) is 0 Å². The summed E-state index contributed by atoms with van der Waals surface area (Å²) in [4.78, 5) is 52.8. The molecule has 8 N–H and O–H groups in total. The Balaban J connectivity index is 1.14. The number of nitrogens with two attached hydrogens (primary N) is 2. The molecule has 0 aromatic carbocycles. The quantitative estimate of drug-likeness (QED) is 0.133. The van der Waals surface area contributed by atoms with Crippen LogP contribution in [0.3, 0.4) is 0 Å². The van der Waals surface area contributed by atoms with E-state index < -0.39 is 83.0 Å². The summed E-state index contributed by atoms with van der Waals surface area (Å²) in [6.45, 7) is -1.60. The number of imidazole rings is 2. The van der Waals surface area contributed by atoms with Gasteiger partial charge >= 0.3 is 15.6 Å². The van der Waals surface area contributed by atoms with Gasteiger partial charge in [0.1, 0.15) is 41.6 Å². The van der Waals surface area contributed by atoms with Crippen LogP contribution in [-0.2, 0) is 41.4 Å². The summed E-state index contributed by atoms with van der Waals surface area (Å²) < 4.78 is 68.5. The molecule has 0 saturated carbocycles. The maximum atomic E-state index is 13.4. The number of H-pyrrole nitrogens is 1. The number of nitrogens with one attached hydrogen (secondary N) is 1. The van der Waals surface area contributed by atoms with Crippen LogP contribution in [0.2, 0.25) is 0 Å². The number of nitrogens with zero attached hydrogens (tertiary/aromatic N) is 6. The largest absolute Gasteiger partial charge is 0.472 e. The monoisotopic (exact) mass is 685 g/mol. The Morgan fingerprint density at radius 3 is 2.43 bits per heavy atom. The number of aliphatic hydroxyl groups excluding tert-OH is 1. The molecule has 8 heterocycles. The molecule has 0 radical (unpaired) electrons. The Kier molecular flexibility index (Phi) is 6.72. The molecule has 4 aromatic heterocycles. The van der Waals surface area contributed by atoms with Crippen molar-refractivity contribution in [2.75, 3.05) is 31.3 Å².